The first-order chi connectivity index (χ1) is 6.57. The van der Waals surface area contributed by atoms with Crippen LogP contribution in [0, 0.1) is 0 Å². The van der Waals surface area contributed by atoms with Crippen molar-refractivity contribution < 1.29 is 0 Å². The average molecular weight is 191 g/mol. The van der Waals surface area contributed by atoms with Gasteiger partial charge in [0.2, 0.25) is 0 Å². The average Bonchev–Trinajstić information content (AvgIpc) is 2.00. The lowest BCUT2D eigenvalue weighted by Gasteiger charge is -2.32. The van der Waals surface area contributed by atoms with Crippen molar-refractivity contribution in [1.29, 1.82) is 0 Å². The zero-order valence-electron chi connectivity index (χ0n) is 9.12. The van der Waals surface area contributed by atoms with Gasteiger partial charge in [-0.1, -0.05) is 20.8 Å². The van der Waals surface area contributed by atoms with Gasteiger partial charge in [-0.25, -0.2) is 9.97 Å². The zero-order valence-corrected chi connectivity index (χ0v) is 9.12. The Morgan fingerprint density at radius 2 is 2.00 bits per heavy atom. The molecule has 0 bridgehead atoms. The molecule has 3 nitrogen and oxygen atoms in total. The Labute approximate surface area is 85.2 Å². The third-order valence-corrected chi connectivity index (χ3v) is 2.49. The highest BCUT2D eigenvalue weighted by atomic mass is 15.2. The van der Waals surface area contributed by atoms with Crippen molar-refractivity contribution in [1.82, 2.24) is 9.97 Å². The van der Waals surface area contributed by atoms with Crippen LogP contribution in [0.3, 0.4) is 0 Å². The van der Waals surface area contributed by atoms with Gasteiger partial charge in [0.05, 0.1) is 0 Å². The first kappa shape index (κ1) is 9.44. The number of hydrogen-bond acceptors (Lipinski definition) is 3. The molecular formula is C11H17N3. The van der Waals surface area contributed by atoms with Crippen LogP contribution in [-0.2, 0) is 5.41 Å². The Hall–Kier alpha value is -1.12. The fourth-order valence-electron chi connectivity index (χ4n) is 1.43. The Bertz CT molecular complexity index is 324. The van der Waals surface area contributed by atoms with Gasteiger partial charge in [0.25, 0.3) is 0 Å². The van der Waals surface area contributed by atoms with Gasteiger partial charge in [0.1, 0.15) is 11.6 Å². The van der Waals surface area contributed by atoms with Gasteiger partial charge in [-0.05, 0) is 12.5 Å². The smallest absolute Gasteiger partial charge is 0.135 e. The molecule has 0 amide bonds. The molecule has 14 heavy (non-hydrogen) atoms. The van der Waals surface area contributed by atoms with Crippen LogP contribution in [0.25, 0.3) is 0 Å². The Morgan fingerprint density at radius 3 is 2.50 bits per heavy atom. The van der Waals surface area contributed by atoms with Crippen LogP contribution in [0.4, 0.5) is 5.82 Å². The summed E-state index contributed by atoms with van der Waals surface area (Å²) in [5, 5.41) is 0. The van der Waals surface area contributed by atoms with Gasteiger partial charge in [-0.2, -0.15) is 0 Å². The molecule has 0 radical (unpaired) electrons. The molecule has 0 atom stereocenters. The van der Waals surface area contributed by atoms with E-state index < -0.39 is 0 Å². The van der Waals surface area contributed by atoms with E-state index in [-0.39, 0.29) is 5.41 Å². The van der Waals surface area contributed by atoms with Crippen molar-refractivity contribution in [2.24, 2.45) is 0 Å². The predicted molar refractivity (Wildman–Crippen MR) is 57.6 cm³/mol. The van der Waals surface area contributed by atoms with Crippen molar-refractivity contribution in [3.63, 3.8) is 0 Å². The van der Waals surface area contributed by atoms with Gasteiger partial charge in [0.15, 0.2) is 0 Å². The Balaban J connectivity index is 2.26. The SMILES string of the molecule is CC(C)(C)c1nccc(N2CCC2)n1. The van der Waals surface area contributed by atoms with Gasteiger partial charge in [-0.15, -0.1) is 0 Å². The highest BCUT2D eigenvalue weighted by Gasteiger charge is 2.20. The normalized spacial score (nSPS) is 16.6. The summed E-state index contributed by atoms with van der Waals surface area (Å²) in [6, 6.07) is 1.99. The van der Waals surface area contributed by atoms with Crippen LogP contribution in [0.1, 0.15) is 33.0 Å². The van der Waals surface area contributed by atoms with E-state index in [1.54, 1.807) is 0 Å². The maximum absolute atomic E-state index is 4.58. The first-order valence-corrected chi connectivity index (χ1v) is 5.16. The third-order valence-electron chi connectivity index (χ3n) is 2.49. The highest BCUT2D eigenvalue weighted by molar-refractivity contribution is 5.40. The number of rotatable bonds is 1. The van der Waals surface area contributed by atoms with Crippen molar-refractivity contribution in [2.45, 2.75) is 32.6 Å². The molecule has 0 aromatic carbocycles. The zero-order chi connectivity index (χ0) is 10.2. The Kier molecular flexibility index (Phi) is 2.17. The second-order valence-corrected chi connectivity index (χ2v) is 4.83. The van der Waals surface area contributed by atoms with E-state index >= 15 is 0 Å². The summed E-state index contributed by atoms with van der Waals surface area (Å²) in [5.74, 6) is 2.01. The first-order valence-electron chi connectivity index (χ1n) is 5.16. The largest absolute Gasteiger partial charge is 0.356 e. The van der Waals surface area contributed by atoms with Crippen LogP contribution in [0.15, 0.2) is 12.3 Å². The standard InChI is InChI=1S/C11H17N3/c1-11(2,3)10-12-6-5-9(13-10)14-7-4-8-14/h5-6H,4,7-8H2,1-3H3. The molecule has 0 saturated carbocycles. The molecule has 1 aromatic heterocycles. The van der Waals surface area contributed by atoms with Crippen molar-refractivity contribution in [2.75, 3.05) is 18.0 Å². The number of aromatic nitrogens is 2. The topological polar surface area (TPSA) is 29.0 Å². The van der Waals surface area contributed by atoms with E-state index in [0.29, 0.717) is 0 Å². The van der Waals surface area contributed by atoms with E-state index in [1.165, 1.54) is 6.42 Å². The van der Waals surface area contributed by atoms with E-state index in [4.69, 9.17) is 0 Å². The molecule has 2 rings (SSSR count). The quantitative estimate of drug-likeness (QED) is 0.679. The van der Waals surface area contributed by atoms with Crippen LogP contribution < -0.4 is 4.90 Å². The predicted octanol–water partition coefficient (Wildman–Crippen LogP) is 1.98. The molecule has 1 fully saturated rings. The molecule has 0 aliphatic carbocycles. The number of anilines is 1. The Morgan fingerprint density at radius 1 is 1.29 bits per heavy atom. The summed E-state index contributed by atoms with van der Waals surface area (Å²) in [4.78, 5) is 11.2. The molecule has 3 heteroatoms. The summed E-state index contributed by atoms with van der Waals surface area (Å²) in [7, 11) is 0. The summed E-state index contributed by atoms with van der Waals surface area (Å²) in [6.45, 7) is 8.70. The fraction of sp³-hybridized carbons (Fsp3) is 0.636. The second kappa shape index (κ2) is 3.23. The number of nitrogens with zero attached hydrogens (tertiary/aromatic N) is 3. The van der Waals surface area contributed by atoms with Gasteiger partial charge < -0.3 is 4.90 Å². The van der Waals surface area contributed by atoms with E-state index in [2.05, 4.69) is 35.6 Å². The minimum absolute atomic E-state index is 0.0425. The molecular weight excluding hydrogens is 174 g/mol. The maximum Gasteiger partial charge on any atom is 0.135 e. The van der Waals surface area contributed by atoms with Crippen LogP contribution in [0.5, 0.6) is 0 Å². The monoisotopic (exact) mass is 191 g/mol. The summed E-state index contributed by atoms with van der Waals surface area (Å²) in [6.07, 6.45) is 3.15. The van der Waals surface area contributed by atoms with Gasteiger partial charge in [-0.3, -0.25) is 0 Å². The molecule has 0 spiro atoms. The highest BCUT2D eigenvalue weighted by Crippen LogP contribution is 2.22. The number of hydrogen-bond donors (Lipinski definition) is 0. The van der Waals surface area contributed by atoms with Crippen molar-refractivity contribution in [3.05, 3.63) is 18.1 Å². The van der Waals surface area contributed by atoms with Crippen LogP contribution in [-0.4, -0.2) is 23.1 Å². The lowest BCUT2D eigenvalue weighted by molar-refractivity contribution is 0.537. The molecule has 1 aromatic rings. The van der Waals surface area contributed by atoms with Gasteiger partial charge in [0, 0.05) is 24.7 Å². The summed E-state index contributed by atoms with van der Waals surface area (Å²) in [5.41, 5.74) is 0.0425. The molecule has 76 valence electrons. The summed E-state index contributed by atoms with van der Waals surface area (Å²) < 4.78 is 0. The maximum atomic E-state index is 4.58. The van der Waals surface area contributed by atoms with Crippen molar-refractivity contribution in [3.8, 4) is 0 Å². The lowest BCUT2D eigenvalue weighted by Crippen LogP contribution is -2.38. The third kappa shape index (κ3) is 1.72. The van der Waals surface area contributed by atoms with Crippen LogP contribution >= 0.6 is 0 Å². The minimum Gasteiger partial charge on any atom is -0.356 e. The van der Waals surface area contributed by atoms with Crippen LogP contribution in [0.2, 0.25) is 0 Å². The van der Waals surface area contributed by atoms with Crippen molar-refractivity contribution >= 4 is 5.82 Å². The molecule has 1 saturated heterocycles. The van der Waals surface area contributed by atoms with Gasteiger partial charge >= 0.3 is 0 Å². The molecule has 0 unspecified atom stereocenters. The van der Waals surface area contributed by atoms with E-state index in [0.717, 1.165) is 24.7 Å². The summed E-state index contributed by atoms with van der Waals surface area (Å²) >= 11 is 0. The molecule has 2 heterocycles. The van der Waals surface area contributed by atoms with E-state index in [1.807, 2.05) is 12.3 Å². The second-order valence-electron chi connectivity index (χ2n) is 4.83. The fourth-order valence-corrected chi connectivity index (χ4v) is 1.43. The lowest BCUT2D eigenvalue weighted by atomic mass is 9.96. The molecule has 0 N–H and O–H groups in total. The molecule has 1 aliphatic heterocycles. The molecule has 1 aliphatic rings. The minimum atomic E-state index is 0.0425. The van der Waals surface area contributed by atoms with E-state index in [9.17, 15) is 0 Å².